The highest BCUT2D eigenvalue weighted by Crippen LogP contribution is 2.21. The maximum Gasteiger partial charge on any atom is 0.378 e. The Hall–Kier alpha value is -1.75. The Morgan fingerprint density at radius 2 is 1.95 bits per heavy atom. The number of methoxy groups -OCH3 is 1. The van der Waals surface area contributed by atoms with Crippen LogP contribution < -0.4 is 0 Å². The zero-order valence-electron chi connectivity index (χ0n) is 10.9. The third-order valence-corrected chi connectivity index (χ3v) is 3.50. The van der Waals surface area contributed by atoms with Gasteiger partial charge >= 0.3 is 5.97 Å². The molecule has 0 aliphatic rings. The molecule has 0 amide bonds. The van der Waals surface area contributed by atoms with E-state index in [2.05, 4.69) is 11.7 Å². The zero-order chi connectivity index (χ0) is 14.3. The number of esters is 1. The second-order valence-corrected chi connectivity index (χ2v) is 4.93. The predicted octanol–water partition coefficient (Wildman–Crippen LogP) is 2.83. The molecular formula is C14H16O4S. The van der Waals surface area contributed by atoms with Crippen molar-refractivity contribution in [1.82, 2.24) is 0 Å². The van der Waals surface area contributed by atoms with E-state index in [0.717, 1.165) is 30.3 Å². The number of ether oxygens (including phenoxy) is 1. The van der Waals surface area contributed by atoms with Crippen molar-refractivity contribution >= 4 is 29.3 Å². The highest BCUT2D eigenvalue weighted by Gasteiger charge is 2.12. The first-order valence-electron chi connectivity index (χ1n) is 5.84. The lowest BCUT2D eigenvalue weighted by molar-refractivity contribution is -0.149. The Labute approximate surface area is 116 Å². The number of hydrogen-bond donors (Lipinski definition) is 1. The van der Waals surface area contributed by atoms with Gasteiger partial charge in [-0.25, -0.2) is 4.79 Å². The average molecular weight is 280 g/mol. The molecule has 0 bridgehead atoms. The normalized spacial score (nSPS) is 11.2. The molecule has 0 aromatic heterocycles. The van der Waals surface area contributed by atoms with Gasteiger partial charge in [-0.3, -0.25) is 4.79 Å². The number of ketones is 1. The summed E-state index contributed by atoms with van der Waals surface area (Å²) in [5.74, 6) is -1.10. The minimum absolute atomic E-state index is 0.248. The molecule has 1 N–H and O–H groups in total. The summed E-state index contributed by atoms with van der Waals surface area (Å²) < 4.78 is 4.26. The summed E-state index contributed by atoms with van der Waals surface area (Å²) in [6.45, 7) is 2.11. The lowest BCUT2D eigenvalue weighted by Crippen LogP contribution is -2.13. The van der Waals surface area contributed by atoms with Crippen molar-refractivity contribution in [2.45, 2.75) is 18.2 Å². The van der Waals surface area contributed by atoms with Crippen molar-refractivity contribution in [2.24, 2.45) is 0 Å². The van der Waals surface area contributed by atoms with Gasteiger partial charge in [0.25, 0.3) is 5.78 Å². The number of carbonyl (C=O) groups excluding carboxylic acids is 2. The molecule has 0 fully saturated rings. The van der Waals surface area contributed by atoms with Gasteiger partial charge in [0.05, 0.1) is 7.11 Å². The van der Waals surface area contributed by atoms with Gasteiger partial charge in [-0.05, 0) is 24.3 Å². The number of rotatable bonds is 6. The predicted molar refractivity (Wildman–Crippen MR) is 75.1 cm³/mol. The molecule has 0 aliphatic carbocycles. The molecule has 5 heteroatoms. The first-order chi connectivity index (χ1) is 9.08. The first kappa shape index (κ1) is 15.3. The van der Waals surface area contributed by atoms with E-state index in [1.165, 1.54) is 0 Å². The molecule has 0 saturated carbocycles. The summed E-state index contributed by atoms with van der Waals surface area (Å²) in [6, 6.07) is 7.13. The minimum atomic E-state index is -0.998. The smallest absolute Gasteiger partial charge is 0.378 e. The second-order valence-electron chi connectivity index (χ2n) is 3.76. The van der Waals surface area contributed by atoms with Gasteiger partial charge in [-0.1, -0.05) is 19.1 Å². The van der Waals surface area contributed by atoms with Crippen LogP contribution in [0.1, 0.15) is 18.9 Å². The summed E-state index contributed by atoms with van der Waals surface area (Å²) in [4.78, 5) is 23.3. The number of carbonyl (C=O) groups is 2. The molecule has 4 nitrogen and oxygen atoms in total. The fourth-order valence-electron chi connectivity index (χ4n) is 1.31. The van der Waals surface area contributed by atoms with Crippen molar-refractivity contribution in [3.8, 4) is 0 Å². The molecule has 1 aromatic rings. The van der Waals surface area contributed by atoms with E-state index in [1.54, 1.807) is 23.9 Å². The SMILES string of the molecule is CCCSc1ccc(/C(O)=C/C(=O)C(=O)OC)cc1. The van der Waals surface area contributed by atoms with Crippen LogP contribution in [0.15, 0.2) is 35.2 Å². The van der Waals surface area contributed by atoms with E-state index in [1.807, 2.05) is 12.1 Å². The maximum absolute atomic E-state index is 11.3. The average Bonchev–Trinajstić information content (AvgIpc) is 2.44. The molecule has 0 atom stereocenters. The van der Waals surface area contributed by atoms with Gasteiger partial charge in [0.1, 0.15) is 5.76 Å². The monoisotopic (exact) mass is 280 g/mol. The topological polar surface area (TPSA) is 63.6 Å². The van der Waals surface area contributed by atoms with Gasteiger partial charge in [-0.2, -0.15) is 0 Å². The van der Waals surface area contributed by atoms with Crippen molar-refractivity contribution < 1.29 is 19.4 Å². The summed E-state index contributed by atoms with van der Waals surface area (Å²) in [5, 5.41) is 9.73. The number of hydrogen-bond acceptors (Lipinski definition) is 5. The van der Waals surface area contributed by atoms with Gasteiger partial charge in [0, 0.05) is 16.5 Å². The standard InChI is InChI=1S/C14H16O4S/c1-3-8-19-11-6-4-10(5-7-11)12(15)9-13(16)14(17)18-2/h4-7,9,15H,3,8H2,1-2H3/b12-9-. The molecule has 0 saturated heterocycles. The van der Waals surface area contributed by atoms with Crippen LogP contribution in [0, 0.1) is 0 Å². The van der Waals surface area contributed by atoms with Crippen LogP contribution in [-0.4, -0.2) is 29.7 Å². The van der Waals surface area contributed by atoms with Crippen LogP contribution in [-0.2, 0) is 14.3 Å². The first-order valence-corrected chi connectivity index (χ1v) is 6.83. The molecule has 0 unspecified atom stereocenters. The van der Waals surface area contributed by atoms with E-state index >= 15 is 0 Å². The van der Waals surface area contributed by atoms with Crippen molar-refractivity contribution in [1.29, 1.82) is 0 Å². The quantitative estimate of drug-likeness (QED) is 0.285. The molecular weight excluding hydrogens is 264 g/mol. The second kappa shape index (κ2) is 7.63. The summed E-state index contributed by atoms with van der Waals surface area (Å²) in [7, 11) is 1.12. The molecule has 102 valence electrons. The van der Waals surface area contributed by atoms with Crippen molar-refractivity contribution in [2.75, 3.05) is 12.9 Å². The molecule has 19 heavy (non-hydrogen) atoms. The van der Waals surface area contributed by atoms with Crippen molar-refractivity contribution in [3.05, 3.63) is 35.9 Å². The van der Waals surface area contributed by atoms with Crippen LogP contribution >= 0.6 is 11.8 Å². The van der Waals surface area contributed by atoms with Gasteiger partial charge in [0.2, 0.25) is 0 Å². The number of aliphatic hydroxyl groups excluding tert-OH is 1. The van der Waals surface area contributed by atoms with Crippen molar-refractivity contribution in [3.63, 3.8) is 0 Å². The van der Waals surface area contributed by atoms with Crippen LogP contribution in [0.2, 0.25) is 0 Å². The van der Waals surface area contributed by atoms with Crippen LogP contribution in [0.25, 0.3) is 5.76 Å². The highest BCUT2D eigenvalue weighted by atomic mass is 32.2. The molecule has 0 heterocycles. The molecule has 1 aromatic carbocycles. The Balaban J connectivity index is 2.77. The summed E-state index contributed by atoms with van der Waals surface area (Å²) >= 11 is 1.72. The third kappa shape index (κ3) is 4.79. The third-order valence-electron chi connectivity index (χ3n) is 2.28. The maximum atomic E-state index is 11.3. The van der Waals surface area contributed by atoms with Gasteiger partial charge < -0.3 is 9.84 Å². The van der Waals surface area contributed by atoms with E-state index < -0.39 is 11.8 Å². The lowest BCUT2D eigenvalue weighted by Gasteiger charge is -2.03. The molecule has 0 spiro atoms. The van der Waals surface area contributed by atoms with Gasteiger partial charge in [0.15, 0.2) is 0 Å². The summed E-state index contributed by atoms with van der Waals surface area (Å²) in [6.07, 6.45) is 1.95. The fourth-order valence-corrected chi connectivity index (χ4v) is 2.08. The minimum Gasteiger partial charge on any atom is -0.507 e. The Bertz CT molecular complexity index is 477. The lowest BCUT2D eigenvalue weighted by atomic mass is 10.1. The highest BCUT2D eigenvalue weighted by molar-refractivity contribution is 7.99. The van der Waals surface area contributed by atoms with E-state index in [4.69, 9.17) is 0 Å². The Morgan fingerprint density at radius 1 is 1.32 bits per heavy atom. The number of thioether (sulfide) groups is 1. The van der Waals surface area contributed by atoms with E-state index in [-0.39, 0.29) is 5.76 Å². The van der Waals surface area contributed by atoms with Gasteiger partial charge in [-0.15, -0.1) is 11.8 Å². The van der Waals surface area contributed by atoms with E-state index in [0.29, 0.717) is 5.56 Å². The van der Waals surface area contributed by atoms with Crippen LogP contribution in [0.3, 0.4) is 0 Å². The largest absolute Gasteiger partial charge is 0.507 e. The van der Waals surface area contributed by atoms with E-state index in [9.17, 15) is 14.7 Å². The molecule has 0 aliphatic heterocycles. The number of benzene rings is 1. The number of aliphatic hydroxyl groups is 1. The van der Waals surface area contributed by atoms with Crippen LogP contribution in [0.4, 0.5) is 0 Å². The molecule has 0 radical (unpaired) electrons. The Kier molecular flexibility index (Phi) is 6.15. The Morgan fingerprint density at radius 3 is 2.47 bits per heavy atom. The van der Waals surface area contributed by atoms with Crippen LogP contribution in [0.5, 0.6) is 0 Å². The summed E-state index contributed by atoms with van der Waals surface area (Å²) in [5.41, 5.74) is 0.484. The molecule has 1 rings (SSSR count). The fraction of sp³-hybridized carbons (Fsp3) is 0.286. The zero-order valence-corrected chi connectivity index (χ0v) is 11.7.